The second-order valence-electron chi connectivity index (χ2n) is 5.51. The number of nitrogens with zero attached hydrogens (tertiary/aromatic N) is 1. The van der Waals surface area contributed by atoms with Gasteiger partial charge < -0.3 is 5.32 Å². The number of anilines is 1. The highest BCUT2D eigenvalue weighted by Gasteiger charge is 2.40. The zero-order valence-corrected chi connectivity index (χ0v) is 15.4. The van der Waals surface area contributed by atoms with Crippen LogP contribution in [0.25, 0.3) is 0 Å². The largest absolute Gasteiger partial charge is 0.373 e. The number of halogens is 3. The lowest BCUT2D eigenvalue weighted by Gasteiger charge is -2.19. The predicted octanol–water partition coefficient (Wildman–Crippen LogP) is 4.67. The van der Waals surface area contributed by atoms with Crippen LogP contribution in [0.3, 0.4) is 0 Å². The first-order valence-electron chi connectivity index (χ1n) is 7.45. The number of amides is 2. The number of nitrogens with one attached hydrogen (secondary N) is 1. The van der Waals surface area contributed by atoms with Gasteiger partial charge >= 0.3 is 0 Å². The summed E-state index contributed by atoms with van der Waals surface area (Å²) in [4.78, 5) is 26.2. The van der Waals surface area contributed by atoms with E-state index in [-0.39, 0.29) is 27.5 Å². The van der Waals surface area contributed by atoms with Crippen molar-refractivity contribution >= 4 is 52.3 Å². The summed E-state index contributed by atoms with van der Waals surface area (Å²) in [6.07, 6.45) is 0. The van der Waals surface area contributed by atoms with Crippen LogP contribution >= 0.6 is 34.8 Å². The molecule has 2 amide bonds. The van der Waals surface area contributed by atoms with Crippen LogP contribution in [0.4, 0.5) is 5.69 Å². The maximum absolute atomic E-state index is 12.8. The van der Waals surface area contributed by atoms with E-state index in [0.29, 0.717) is 5.02 Å². The lowest BCUT2D eigenvalue weighted by molar-refractivity contribution is -0.120. The fourth-order valence-electron chi connectivity index (χ4n) is 2.55. The molecule has 0 spiro atoms. The van der Waals surface area contributed by atoms with Crippen LogP contribution in [0.15, 0.2) is 59.3 Å². The summed E-state index contributed by atoms with van der Waals surface area (Å²) in [6.45, 7) is 1.87. The molecule has 0 fully saturated rings. The van der Waals surface area contributed by atoms with E-state index in [1.165, 1.54) is 12.1 Å². The number of imide groups is 1. The van der Waals surface area contributed by atoms with Gasteiger partial charge in [0.05, 0.1) is 10.7 Å². The molecule has 1 N–H and O–H groups in total. The summed E-state index contributed by atoms with van der Waals surface area (Å²) in [5.41, 5.74) is 1.20. The average molecular weight is 396 g/mol. The molecule has 1 atom stereocenters. The van der Waals surface area contributed by atoms with Crippen LogP contribution in [-0.4, -0.2) is 11.8 Å². The minimum atomic E-state index is -0.640. The number of rotatable bonds is 4. The van der Waals surface area contributed by atoms with Gasteiger partial charge in [-0.1, -0.05) is 65.1 Å². The molecule has 0 saturated carbocycles. The van der Waals surface area contributed by atoms with Crippen molar-refractivity contribution in [3.05, 3.63) is 74.9 Å². The van der Waals surface area contributed by atoms with Crippen LogP contribution in [0.1, 0.15) is 18.5 Å². The Bertz CT molecular complexity index is 881. The van der Waals surface area contributed by atoms with Crippen molar-refractivity contribution in [1.29, 1.82) is 0 Å². The normalized spacial score (nSPS) is 15.8. The number of carbonyl (C=O) groups is 2. The molecule has 1 aliphatic heterocycles. The van der Waals surface area contributed by atoms with Crippen LogP contribution in [0.5, 0.6) is 0 Å². The molecule has 0 bridgehead atoms. The van der Waals surface area contributed by atoms with Gasteiger partial charge in [-0.25, -0.2) is 4.90 Å². The number of hydrogen-bond donors (Lipinski definition) is 1. The molecule has 25 heavy (non-hydrogen) atoms. The molecule has 0 aliphatic carbocycles. The molecule has 4 nitrogen and oxygen atoms in total. The van der Waals surface area contributed by atoms with E-state index in [1.807, 2.05) is 37.3 Å². The molecule has 0 aromatic heterocycles. The van der Waals surface area contributed by atoms with Crippen molar-refractivity contribution in [1.82, 2.24) is 5.32 Å². The fraction of sp³-hybridized carbons (Fsp3) is 0.111. The van der Waals surface area contributed by atoms with Gasteiger partial charge in [0.2, 0.25) is 0 Å². The Labute approximate surface area is 160 Å². The standard InChI is InChI=1S/C18H13Cl3N2O2/c1-10(11-5-3-2-4-6-11)22-16-15(21)17(24)23(18(16)25)14-9-12(19)7-8-13(14)20/h2-10,22H,1H3. The molecule has 1 heterocycles. The summed E-state index contributed by atoms with van der Waals surface area (Å²) < 4.78 is 0. The summed E-state index contributed by atoms with van der Waals surface area (Å²) in [5.74, 6) is -1.21. The molecule has 2 aromatic carbocycles. The summed E-state index contributed by atoms with van der Waals surface area (Å²) >= 11 is 18.2. The molecule has 1 aliphatic rings. The van der Waals surface area contributed by atoms with E-state index in [0.717, 1.165) is 10.5 Å². The van der Waals surface area contributed by atoms with Gasteiger partial charge in [0.25, 0.3) is 11.8 Å². The van der Waals surface area contributed by atoms with Gasteiger partial charge in [-0.15, -0.1) is 0 Å². The molecule has 1 unspecified atom stereocenters. The minimum Gasteiger partial charge on any atom is -0.373 e. The van der Waals surface area contributed by atoms with Gasteiger partial charge in [0.15, 0.2) is 0 Å². The van der Waals surface area contributed by atoms with Crippen LogP contribution in [0.2, 0.25) is 10.0 Å². The highest BCUT2D eigenvalue weighted by Crippen LogP contribution is 2.35. The molecule has 0 saturated heterocycles. The Hall–Kier alpha value is -2.01. The van der Waals surface area contributed by atoms with Crippen molar-refractivity contribution in [2.24, 2.45) is 0 Å². The van der Waals surface area contributed by atoms with Gasteiger partial charge in [-0.3, -0.25) is 9.59 Å². The Balaban J connectivity index is 1.91. The third-order valence-corrected chi connectivity index (χ3v) is 4.74. The maximum atomic E-state index is 12.8. The summed E-state index contributed by atoms with van der Waals surface area (Å²) in [6, 6.07) is 13.8. The third-order valence-electron chi connectivity index (χ3n) is 3.84. The van der Waals surface area contributed by atoms with Crippen LogP contribution < -0.4 is 10.2 Å². The average Bonchev–Trinajstić information content (AvgIpc) is 2.81. The lowest BCUT2D eigenvalue weighted by Crippen LogP contribution is -2.34. The number of carbonyl (C=O) groups excluding carboxylic acids is 2. The van der Waals surface area contributed by atoms with Crippen molar-refractivity contribution in [2.75, 3.05) is 4.90 Å². The quantitative estimate of drug-likeness (QED) is 0.766. The second kappa shape index (κ2) is 7.08. The Morgan fingerprint density at radius 3 is 2.32 bits per heavy atom. The Morgan fingerprint density at radius 2 is 1.64 bits per heavy atom. The van der Waals surface area contributed by atoms with Gasteiger partial charge in [0, 0.05) is 11.1 Å². The number of hydrogen-bond acceptors (Lipinski definition) is 3. The monoisotopic (exact) mass is 394 g/mol. The summed E-state index contributed by atoms with van der Waals surface area (Å²) in [7, 11) is 0. The topological polar surface area (TPSA) is 49.4 Å². The van der Waals surface area contributed by atoms with Crippen molar-refractivity contribution in [3.8, 4) is 0 Å². The van der Waals surface area contributed by atoms with Crippen molar-refractivity contribution in [3.63, 3.8) is 0 Å². The maximum Gasteiger partial charge on any atom is 0.283 e. The molecule has 0 radical (unpaired) electrons. The minimum absolute atomic E-state index is 0.0408. The van der Waals surface area contributed by atoms with E-state index in [1.54, 1.807) is 6.07 Å². The Morgan fingerprint density at radius 1 is 0.960 bits per heavy atom. The molecule has 7 heteroatoms. The molecule has 3 rings (SSSR count). The van der Waals surface area contributed by atoms with Crippen molar-refractivity contribution in [2.45, 2.75) is 13.0 Å². The third kappa shape index (κ3) is 3.38. The lowest BCUT2D eigenvalue weighted by atomic mass is 10.1. The van der Waals surface area contributed by atoms with Crippen molar-refractivity contribution < 1.29 is 9.59 Å². The van der Waals surface area contributed by atoms with E-state index >= 15 is 0 Å². The van der Waals surface area contributed by atoms with Gasteiger partial charge in [-0.05, 0) is 30.7 Å². The van der Waals surface area contributed by atoms with E-state index < -0.39 is 11.8 Å². The number of benzene rings is 2. The second-order valence-corrected chi connectivity index (χ2v) is 6.73. The molecular weight excluding hydrogens is 383 g/mol. The highest BCUT2D eigenvalue weighted by molar-refractivity contribution is 6.53. The first-order chi connectivity index (χ1) is 11.9. The molecule has 2 aromatic rings. The van der Waals surface area contributed by atoms with E-state index in [4.69, 9.17) is 34.8 Å². The first kappa shape index (κ1) is 17.8. The van der Waals surface area contributed by atoms with Crippen LogP contribution in [-0.2, 0) is 9.59 Å². The first-order valence-corrected chi connectivity index (χ1v) is 8.58. The smallest absolute Gasteiger partial charge is 0.283 e. The fourth-order valence-corrected chi connectivity index (χ4v) is 3.13. The summed E-state index contributed by atoms with van der Waals surface area (Å²) in [5, 5.41) is 3.43. The van der Waals surface area contributed by atoms with Gasteiger partial charge in [-0.2, -0.15) is 0 Å². The van der Waals surface area contributed by atoms with E-state index in [2.05, 4.69) is 5.32 Å². The van der Waals surface area contributed by atoms with Gasteiger partial charge in [0.1, 0.15) is 10.7 Å². The SMILES string of the molecule is CC(NC1=C(Cl)C(=O)N(c2cc(Cl)ccc2Cl)C1=O)c1ccccc1. The molecular formula is C18H13Cl3N2O2. The zero-order valence-electron chi connectivity index (χ0n) is 13.1. The Kier molecular flexibility index (Phi) is 5.04. The highest BCUT2D eigenvalue weighted by atomic mass is 35.5. The predicted molar refractivity (Wildman–Crippen MR) is 99.8 cm³/mol. The van der Waals surface area contributed by atoms with E-state index in [9.17, 15) is 9.59 Å². The molecule has 128 valence electrons. The zero-order chi connectivity index (χ0) is 18.1. The van der Waals surface area contributed by atoms with Crippen LogP contribution in [0, 0.1) is 0 Å².